The lowest BCUT2D eigenvalue weighted by Crippen LogP contribution is -2.49. The number of fused-ring (bicyclic) bond motifs is 1. The number of nitrogens with zero attached hydrogens (tertiary/aromatic N) is 3. The Morgan fingerprint density at radius 2 is 2.42 bits per heavy atom. The van der Waals surface area contributed by atoms with Crippen LogP contribution >= 0.6 is 0 Å². The standard InChI is InChI=1S/C12H14N4O3/c1-8-7-15(5-4-13-8)12-14-10-3-2-9(16(17)18)6-11(10)19-12/h2-3,6,8,13H,4-5,7H2,1H3. The lowest BCUT2D eigenvalue weighted by atomic mass is 10.2. The molecule has 1 aromatic carbocycles. The van der Waals surface area contributed by atoms with Gasteiger partial charge in [-0.3, -0.25) is 10.1 Å². The first kappa shape index (κ1) is 11.9. The van der Waals surface area contributed by atoms with Crippen molar-refractivity contribution < 1.29 is 9.34 Å². The predicted molar refractivity (Wildman–Crippen MR) is 70.3 cm³/mol. The lowest BCUT2D eigenvalue weighted by Gasteiger charge is -2.30. The van der Waals surface area contributed by atoms with Crippen molar-refractivity contribution in [2.75, 3.05) is 24.5 Å². The summed E-state index contributed by atoms with van der Waals surface area (Å²) >= 11 is 0. The molecule has 1 unspecified atom stereocenters. The van der Waals surface area contributed by atoms with Crippen LogP contribution in [-0.2, 0) is 0 Å². The molecule has 2 aromatic rings. The fourth-order valence-corrected chi connectivity index (χ4v) is 2.26. The van der Waals surface area contributed by atoms with E-state index in [0.717, 1.165) is 19.6 Å². The Morgan fingerprint density at radius 3 is 3.16 bits per heavy atom. The van der Waals surface area contributed by atoms with E-state index in [4.69, 9.17) is 4.42 Å². The number of hydrogen-bond acceptors (Lipinski definition) is 6. The second-order valence-corrected chi connectivity index (χ2v) is 4.71. The average molecular weight is 262 g/mol. The Kier molecular flexibility index (Phi) is 2.83. The van der Waals surface area contributed by atoms with E-state index < -0.39 is 4.92 Å². The van der Waals surface area contributed by atoms with Crippen molar-refractivity contribution in [2.24, 2.45) is 0 Å². The SMILES string of the molecule is CC1CN(c2nc3ccc([N+](=O)[O-])cc3o2)CCN1. The number of nitrogens with one attached hydrogen (secondary N) is 1. The third-order valence-corrected chi connectivity index (χ3v) is 3.21. The van der Waals surface area contributed by atoms with Crippen LogP contribution in [-0.4, -0.2) is 35.6 Å². The summed E-state index contributed by atoms with van der Waals surface area (Å²) in [6.45, 7) is 4.61. The van der Waals surface area contributed by atoms with Crippen molar-refractivity contribution in [3.8, 4) is 0 Å². The Bertz CT molecular complexity index is 624. The molecule has 7 nitrogen and oxygen atoms in total. The van der Waals surface area contributed by atoms with Crippen LogP contribution in [0, 0.1) is 10.1 Å². The van der Waals surface area contributed by atoms with Gasteiger partial charge in [-0.2, -0.15) is 4.98 Å². The molecule has 0 saturated carbocycles. The van der Waals surface area contributed by atoms with Crippen LogP contribution in [0.5, 0.6) is 0 Å². The number of piperazine rings is 1. The molecule has 1 saturated heterocycles. The van der Waals surface area contributed by atoms with E-state index >= 15 is 0 Å². The molecule has 1 N–H and O–H groups in total. The lowest BCUT2D eigenvalue weighted by molar-refractivity contribution is -0.384. The maximum absolute atomic E-state index is 10.7. The summed E-state index contributed by atoms with van der Waals surface area (Å²) in [6, 6.07) is 5.38. The number of oxazole rings is 1. The van der Waals surface area contributed by atoms with Crippen LogP contribution in [0.4, 0.5) is 11.7 Å². The van der Waals surface area contributed by atoms with Crippen LogP contribution in [0.1, 0.15) is 6.92 Å². The Balaban J connectivity index is 1.94. The number of benzene rings is 1. The fourth-order valence-electron chi connectivity index (χ4n) is 2.26. The summed E-state index contributed by atoms with van der Waals surface area (Å²) in [5.74, 6) is 0. The van der Waals surface area contributed by atoms with Crippen molar-refractivity contribution >= 4 is 22.8 Å². The molecule has 0 amide bonds. The van der Waals surface area contributed by atoms with Gasteiger partial charge in [0.05, 0.1) is 11.0 Å². The highest BCUT2D eigenvalue weighted by Gasteiger charge is 2.21. The van der Waals surface area contributed by atoms with E-state index in [9.17, 15) is 10.1 Å². The first-order valence-corrected chi connectivity index (χ1v) is 6.17. The molecule has 1 aliphatic rings. The largest absolute Gasteiger partial charge is 0.423 e. The molecular weight excluding hydrogens is 248 g/mol. The predicted octanol–water partition coefficient (Wildman–Crippen LogP) is 1.53. The van der Waals surface area contributed by atoms with E-state index in [1.807, 2.05) is 4.90 Å². The number of nitro benzene ring substituents is 1. The summed E-state index contributed by atoms with van der Waals surface area (Å²) in [7, 11) is 0. The Morgan fingerprint density at radius 1 is 1.58 bits per heavy atom. The maximum atomic E-state index is 10.7. The zero-order valence-electron chi connectivity index (χ0n) is 10.5. The van der Waals surface area contributed by atoms with Crippen LogP contribution in [0.3, 0.4) is 0 Å². The smallest absolute Gasteiger partial charge is 0.298 e. The zero-order valence-corrected chi connectivity index (χ0v) is 10.5. The highest BCUT2D eigenvalue weighted by Crippen LogP contribution is 2.26. The highest BCUT2D eigenvalue weighted by molar-refractivity contribution is 5.77. The summed E-state index contributed by atoms with van der Waals surface area (Å²) < 4.78 is 5.63. The highest BCUT2D eigenvalue weighted by atomic mass is 16.6. The van der Waals surface area contributed by atoms with Crippen molar-refractivity contribution in [2.45, 2.75) is 13.0 Å². The van der Waals surface area contributed by atoms with Gasteiger partial charge in [-0.1, -0.05) is 0 Å². The molecule has 1 atom stereocenters. The summed E-state index contributed by atoms with van der Waals surface area (Å²) in [6.07, 6.45) is 0. The number of rotatable bonds is 2. The Hall–Kier alpha value is -2.15. The number of aromatic nitrogens is 1. The quantitative estimate of drug-likeness (QED) is 0.652. The number of non-ortho nitro benzene ring substituents is 1. The maximum Gasteiger partial charge on any atom is 0.298 e. The van der Waals surface area contributed by atoms with Crippen molar-refractivity contribution in [1.82, 2.24) is 10.3 Å². The minimum Gasteiger partial charge on any atom is -0.423 e. The molecule has 100 valence electrons. The van der Waals surface area contributed by atoms with Gasteiger partial charge >= 0.3 is 0 Å². The van der Waals surface area contributed by atoms with Crippen molar-refractivity contribution in [3.63, 3.8) is 0 Å². The molecule has 0 spiro atoms. The summed E-state index contributed by atoms with van der Waals surface area (Å²) in [4.78, 5) is 16.7. The average Bonchev–Trinajstić information content (AvgIpc) is 2.81. The van der Waals surface area contributed by atoms with Gasteiger partial charge in [0.15, 0.2) is 5.58 Å². The number of nitro groups is 1. The minimum atomic E-state index is -0.436. The van der Waals surface area contributed by atoms with Gasteiger partial charge in [-0.15, -0.1) is 0 Å². The molecule has 1 aromatic heterocycles. The van der Waals surface area contributed by atoms with Crippen LogP contribution in [0.15, 0.2) is 22.6 Å². The molecule has 0 aliphatic carbocycles. The van der Waals surface area contributed by atoms with Gasteiger partial charge in [0.1, 0.15) is 5.52 Å². The molecule has 0 bridgehead atoms. The zero-order chi connectivity index (χ0) is 13.4. The molecule has 1 fully saturated rings. The monoisotopic (exact) mass is 262 g/mol. The molecule has 3 rings (SSSR count). The Labute approximate surface area is 109 Å². The van der Waals surface area contributed by atoms with Crippen LogP contribution in [0.25, 0.3) is 11.1 Å². The molecule has 7 heteroatoms. The van der Waals surface area contributed by atoms with Crippen molar-refractivity contribution in [3.05, 3.63) is 28.3 Å². The molecule has 2 heterocycles. The van der Waals surface area contributed by atoms with Crippen molar-refractivity contribution in [1.29, 1.82) is 0 Å². The van der Waals surface area contributed by atoms with Gasteiger partial charge < -0.3 is 14.6 Å². The molecule has 19 heavy (non-hydrogen) atoms. The summed E-state index contributed by atoms with van der Waals surface area (Å²) in [5.41, 5.74) is 1.12. The van der Waals surface area contributed by atoms with E-state index in [0.29, 0.717) is 23.2 Å². The molecule has 1 aliphatic heterocycles. The second kappa shape index (κ2) is 4.51. The van der Waals surface area contributed by atoms with E-state index in [2.05, 4.69) is 17.2 Å². The third kappa shape index (κ3) is 2.24. The molecular formula is C12H14N4O3. The molecule has 0 radical (unpaired) electrons. The summed E-state index contributed by atoms with van der Waals surface area (Å²) in [5, 5.41) is 14.1. The van der Waals surface area contributed by atoms with E-state index in [1.54, 1.807) is 6.07 Å². The van der Waals surface area contributed by atoms with Gasteiger partial charge in [-0.05, 0) is 13.0 Å². The van der Waals surface area contributed by atoms with Crippen LogP contribution in [0.2, 0.25) is 0 Å². The van der Waals surface area contributed by atoms with E-state index in [1.165, 1.54) is 12.1 Å². The van der Waals surface area contributed by atoms with Gasteiger partial charge in [0.25, 0.3) is 11.7 Å². The van der Waals surface area contributed by atoms with Gasteiger partial charge in [-0.25, -0.2) is 0 Å². The fraction of sp³-hybridized carbons (Fsp3) is 0.417. The van der Waals surface area contributed by atoms with Gasteiger partial charge in [0, 0.05) is 31.7 Å². The topological polar surface area (TPSA) is 84.4 Å². The first-order chi connectivity index (χ1) is 9.13. The normalized spacial score (nSPS) is 19.8. The number of anilines is 1. The van der Waals surface area contributed by atoms with Crippen LogP contribution < -0.4 is 10.2 Å². The first-order valence-electron chi connectivity index (χ1n) is 6.17. The number of hydrogen-bond donors (Lipinski definition) is 1. The minimum absolute atomic E-state index is 0.0175. The third-order valence-electron chi connectivity index (χ3n) is 3.21. The van der Waals surface area contributed by atoms with Gasteiger partial charge in [0.2, 0.25) is 0 Å². The van der Waals surface area contributed by atoms with E-state index in [-0.39, 0.29) is 5.69 Å². The second-order valence-electron chi connectivity index (χ2n) is 4.71.